The molecule has 0 spiro atoms. The zero-order valence-electron chi connectivity index (χ0n) is 16.8. The smallest absolute Gasteiger partial charge is 0.416 e. The number of halogens is 5. The van der Waals surface area contributed by atoms with E-state index in [1.807, 2.05) is 24.3 Å². The van der Waals surface area contributed by atoms with Crippen molar-refractivity contribution in [1.82, 2.24) is 0 Å². The summed E-state index contributed by atoms with van der Waals surface area (Å²) in [6.45, 7) is 0.367. The van der Waals surface area contributed by atoms with E-state index in [9.17, 15) is 23.2 Å². The van der Waals surface area contributed by atoms with Gasteiger partial charge < -0.3 is 10.1 Å². The SMILES string of the molecule is N#C/C(=C/c1ccc(OCc2ccc(Br)cc2)cc1)C(=O)Nc1cc(C(F)(F)F)ccc1Cl. The van der Waals surface area contributed by atoms with Crippen LogP contribution < -0.4 is 10.1 Å². The average Bonchev–Trinajstić information content (AvgIpc) is 2.78. The summed E-state index contributed by atoms with van der Waals surface area (Å²) in [5.41, 5.74) is 0.0106. The summed E-state index contributed by atoms with van der Waals surface area (Å²) >= 11 is 9.27. The van der Waals surface area contributed by atoms with Crippen LogP contribution in [0, 0.1) is 11.3 Å². The number of hydrogen-bond donors (Lipinski definition) is 1. The van der Waals surface area contributed by atoms with Gasteiger partial charge in [0.05, 0.1) is 16.3 Å². The van der Waals surface area contributed by atoms with E-state index in [0.717, 1.165) is 22.2 Å². The van der Waals surface area contributed by atoms with Crippen LogP contribution in [0.5, 0.6) is 5.75 Å². The fraction of sp³-hybridized carbons (Fsp3) is 0.0833. The van der Waals surface area contributed by atoms with Crippen molar-refractivity contribution in [1.29, 1.82) is 5.26 Å². The number of amides is 1. The third kappa shape index (κ3) is 6.85. The molecule has 0 aromatic heterocycles. The molecular formula is C24H15BrClF3N2O2. The van der Waals surface area contributed by atoms with Crippen LogP contribution in [0.2, 0.25) is 5.02 Å². The van der Waals surface area contributed by atoms with E-state index in [4.69, 9.17) is 16.3 Å². The summed E-state index contributed by atoms with van der Waals surface area (Å²) in [6.07, 6.45) is -3.28. The molecule has 0 aliphatic rings. The first kappa shape index (κ1) is 24.4. The lowest BCUT2D eigenvalue weighted by Crippen LogP contribution is -2.15. The summed E-state index contributed by atoms with van der Waals surface area (Å²) in [5, 5.41) is 11.5. The molecule has 168 valence electrons. The Hall–Kier alpha value is -3.28. The summed E-state index contributed by atoms with van der Waals surface area (Å²) < 4.78 is 45.4. The Kier molecular flexibility index (Phi) is 7.79. The van der Waals surface area contributed by atoms with Crippen molar-refractivity contribution in [2.24, 2.45) is 0 Å². The number of rotatable bonds is 6. The second kappa shape index (κ2) is 10.6. The van der Waals surface area contributed by atoms with Gasteiger partial charge in [0.15, 0.2) is 0 Å². The number of carbonyl (C=O) groups is 1. The molecule has 1 amide bonds. The lowest BCUT2D eigenvalue weighted by atomic mass is 10.1. The molecule has 3 aromatic carbocycles. The second-order valence-corrected chi connectivity index (χ2v) is 8.12. The standard InChI is InChI=1S/C24H15BrClF3N2O2/c25-19-6-1-16(2-7-19)14-33-20-8-3-15(4-9-20)11-17(13-30)23(32)31-22-12-18(24(27,28)29)5-10-21(22)26/h1-12H,14H2,(H,31,32)/b17-11-. The Morgan fingerprint density at radius 2 is 1.76 bits per heavy atom. The maximum Gasteiger partial charge on any atom is 0.416 e. The molecule has 33 heavy (non-hydrogen) atoms. The highest BCUT2D eigenvalue weighted by atomic mass is 79.9. The first-order valence-electron chi connectivity index (χ1n) is 9.43. The van der Waals surface area contributed by atoms with Crippen LogP contribution in [-0.2, 0) is 17.6 Å². The summed E-state index contributed by atoms with van der Waals surface area (Å²) in [4.78, 5) is 12.4. The molecule has 0 saturated heterocycles. The van der Waals surface area contributed by atoms with E-state index in [1.165, 1.54) is 6.08 Å². The zero-order chi connectivity index (χ0) is 24.0. The van der Waals surface area contributed by atoms with Gasteiger partial charge in [0, 0.05) is 4.47 Å². The Morgan fingerprint density at radius 1 is 1.09 bits per heavy atom. The Morgan fingerprint density at radius 3 is 2.36 bits per heavy atom. The lowest BCUT2D eigenvalue weighted by molar-refractivity contribution is -0.137. The minimum Gasteiger partial charge on any atom is -0.489 e. The highest BCUT2D eigenvalue weighted by Gasteiger charge is 2.31. The second-order valence-electron chi connectivity index (χ2n) is 6.80. The maximum absolute atomic E-state index is 12.9. The van der Waals surface area contributed by atoms with Crippen LogP contribution in [0.1, 0.15) is 16.7 Å². The Labute approximate surface area is 201 Å². The van der Waals surface area contributed by atoms with Gasteiger partial charge in [-0.1, -0.05) is 51.8 Å². The Bertz CT molecular complexity index is 1220. The summed E-state index contributed by atoms with van der Waals surface area (Å²) in [7, 11) is 0. The highest BCUT2D eigenvalue weighted by Crippen LogP contribution is 2.34. The number of nitrogens with one attached hydrogen (secondary N) is 1. The fourth-order valence-electron chi connectivity index (χ4n) is 2.71. The fourth-order valence-corrected chi connectivity index (χ4v) is 3.14. The van der Waals surface area contributed by atoms with Gasteiger partial charge in [-0.05, 0) is 59.7 Å². The monoisotopic (exact) mass is 534 g/mol. The first-order chi connectivity index (χ1) is 15.7. The molecule has 0 fully saturated rings. The molecule has 0 aliphatic carbocycles. The van der Waals surface area contributed by atoms with Crippen molar-refractivity contribution in [3.8, 4) is 11.8 Å². The number of carbonyl (C=O) groups excluding carboxylic acids is 1. The molecule has 0 atom stereocenters. The van der Waals surface area contributed by atoms with E-state index in [1.54, 1.807) is 30.3 Å². The molecule has 9 heteroatoms. The van der Waals surface area contributed by atoms with Crippen LogP contribution in [0.4, 0.5) is 18.9 Å². The van der Waals surface area contributed by atoms with Gasteiger partial charge in [-0.2, -0.15) is 18.4 Å². The van der Waals surface area contributed by atoms with Gasteiger partial charge in [-0.3, -0.25) is 4.79 Å². The van der Waals surface area contributed by atoms with Gasteiger partial charge in [0.25, 0.3) is 5.91 Å². The Balaban J connectivity index is 1.69. The van der Waals surface area contributed by atoms with Crippen LogP contribution in [0.15, 0.2) is 76.8 Å². The third-order valence-electron chi connectivity index (χ3n) is 4.42. The molecule has 1 N–H and O–H groups in total. The molecule has 0 unspecified atom stereocenters. The number of ether oxygens (including phenoxy) is 1. The van der Waals surface area contributed by atoms with Crippen molar-refractivity contribution in [3.05, 3.63) is 98.5 Å². The van der Waals surface area contributed by atoms with E-state index in [2.05, 4.69) is 21.2 Å². The van der Waals surface area contributed by atoms with Crippen LogP contribution in [0.25, 0.3) is 6.08 Å². The van der Waals surface area contributed by atoms with Gasteiger partial charge >= 0.3 is 6.18 Å². The molecule has 0 bridgehead atoms. The number of anilines is 1. The van der Waals surface area contributed by atoms with E-state index in [-0.39, 0.29) is 16.3 Å². The summed E-state index contributed by atoms with van der Waals surface area (Å²) in [6, 6.07) is 18.6. The topological polar surface area (TPSA) is 62.1 Å². The minimum absolute atomic E-state index is 0.0825. The maximum atomic E-state index is 12.9. The van der Waals surface area contributed by atoms with Crippen molar-refractivity contribution >= 4 is 45.2 Å². The zero-order valence-corrected chi connectivity index (χ0v) is 19.1. The van der Waals surface area contributed by atoms with E-state index >= 15 is 0 Å². The highest BCUT2D eigenvalue weighted by molar-refractivity contribution is 9.10. The molecule has 0 radical (unpaired) electrons. The van der Waals surface area contributed by atoms with Gasteiger partial charge in [0.2, 0.25) is 0 Å². The van der Waals surface area contributed by atoms with Crippen LogP contribution in [-0.4, -0.2) is 5.91 Å². The number of nitrogens with zero attached hydrogens (tertiary/aromatic N) is 1. The van der Waals surface area contributed by atoms with E-state index < -0.39 is 17.6 Å². The largest absolute Gasteiger partial charge is 0.489 e. The molecule has 4 nitrogen and oxygen atoms in total. The molecule has 3 rings (SSSR count). The van der Waals surface area contributed by atoms with Crippen molar-refractivity contribution < 1.29 is 22.7 Å². The predicted octanol–water partition coefficient (Wildman–Crippen LogP) is 7.25. The van der Waals surface area contributed by atoms with Crippen LogP contribution in [0.3, 0.4) is 0 Å². The summed E-state index contributed by atoms with van der Waals surface area (Å²) in [5.74, 6) is -0.289. The lowest BCUT2D eigenvalue weighted by Gasteiger charge is -2.11. The van der Waals surface area contributed by atoms with Crippen LogP contribution >= 0.6 is 27.5 Å². The number of nitriles is 1. The first-order valence-corrected chi connectivity index (χ1v) is 10.6. The van der Waals surface area contributed by atoms with Crippen molar-refractivity contribution in [3.63, 3.8) is 0 Å². The van der Waals surface area contributed by atoms with E-state index in [0.29, 0.717) is 24.0 Å². The number of hydrogen-bond acceptors (Lipinski definition) is 3. The third-order valence-corrected chi connectivity index (χ3v) is 5.28. The molecular weight excluding hydrogens is 521 g/mol. The molecule has 0 aliphatic heterocycles. The minimum atomic E-state index is -4.60. The normalized spacial score (nSPS) is 11.6. The molecule has 0 heterocycles. The quantitative estimate of drug-likeness (QED) is 0.267. The molecule has 3 aromatic rings. The number of alkyl halides is 3. The van der Waals surface area contributed by atoms with Crippen molar-refractivity contribution in [2.45, 2.75) is 12.8 Å². The average molecular weight is 536 g/mol. The van der Waals surface area contributed by atoms with Gasteiger partial charge in [-0.15, -0.1) is 0 Å². The molecule has 0 saturated carbocycles. The van der Waals surface area contributed by atoms with Gasteiger partial charge in [0.1, 0.15) is 24.0 Å². The number of benzene rings is 3. The van der Waals surface area contributed by atoms with Gasteiger partial charge in [-0.25, -0.2) is 0 Å². The predicted molar refractivity (Wildman–Crippen MR) is 124 cm³/mol. The van der Waals surface area contributed by atoms with Crippen molar-refractivity contribution in [2.75, 3.05) is 5.32 Å².